The Morgan fingerprint density at radius 1 is 1.46 bits per heavy atom. The number of nitrogen functional groups attached to an aromatic ring is 1. The fourth-order valence-electron chi connectivity index (χ4n) is 1.74. The third-order valence-electron chi connectivity index (χ3n) is 2.09. The summed E-state index contributed by atoms with van der Waals surface area (Å²) < 4.78 is 0. The third-order valence-corrected chi connectivity index (χ3v) is 3.26. The molecular formula is C11H19NS. The van der Waals surface area contributed by atoms with Crippen LogP contribution in [0.2, 0.25) is 0 Å². The minimum atomic E-state index is 0.385. The Kier molecular flexibility index (Phi) is 3.01. The molecule has 0 aliphatic rings. The highest BCUT2D eigenvalue weighted by Gasteiger charge is 2.18. The van der Waals surface area contributed by atoms with Gasteiger partial charge in [0.15, 0.2) is 0 Å². The molecular weight excluding hydrogens is 178 g/mol. The lowest BCUT2D eigenvalue weighted by Crippen LogP contribution is -2.09. The molecule has 0 saturated carbocycles. The van der Waals surface area contributed by atoms with Gasteiger partial charge < -0.3 is 5.73 Å². The molecule has 0 aromatic carbocycles. The van der Waals surface area contributed by atoms with Crippen LogP contribution in [0.5, 0.6) is 0 Å². The Bertz CT molecular complexity index is 270. The van der Waals surface area contributed by atoms with Gasteiger partial charge in [0.1, 0.15) is 0 Å². The molecule has 13 heavy (non-hydrogen) atoms. The van der Waals surface area contributed by atoms with Gasteiger partial charge in [0.05, 0.1) is 0 Å². The fourth-order valence-corrected chi connectivity index (χ4v) is 2.62. The van der Waals surface area contributed by atoms with Gasteiger partial charge >= 0.3 is 0 Å². The molecule has 1 atom stereocenters. The topological polar surface area (TPSA) is 26.0 Å². The minimum Gasteiger partial charge on any atom is -0.398 e. The molecule has 0 aliphatic carbocycles. The van der Waals surface area contributed by atoms with Crippen LogP contribution in [0.3, 0.4) is 0 Å². The molecule has 0 radical (unpaired) electrons. The predicted molar refractivity (Wildman–Crippen MR) is 61.2 cm³/mol. The summed E-state index contributed by atoms with van der Waals surface area (Å²) in [5, 5.41) is 2.07. The normalized spacial score (nSPS) is 14.5. The molecule has 0 fully saturated rings. The Morgan fingerprint density at radius 2 is 2.08 bits per heavy atom. The first-order valence-electron chi connectivity index (χ1n) is 4.73. The second kappa shape index (κ2) is 3.70. The highest BCUT2D eigenvalue weighted by Crippen LogP contribution is 2.36. The Morgan fingerprint density at radius 3 is 2.46 bits per heavy atom. The molecule has 0 saturated heterocycles. The van der Waals surface area contributed by atoms with E-state index in [4.69, 9.17) is 5.73 Å². The summed E-state index contributed by atoms with van der Waals surface area (Å²) in [5.74, 6) is 0.583. The monoisotopic (exact) mass is 197 g/mol. The quantitative estimate of drug-likeness (QED) is 0.765. The zero-order valence-corrected chi connectivity index (χ0v) is 9.74. The number of hydrogen-bond acceptors (Lipinski definition) is 2. The van der Waals surface area contributed by atoms with Gasteiger partial charge in [0.25, 0.3) is 0 Å². The molecule has 0 aliphatic heterocycles. The van der Waals surface area contributed by atoms with E-state index in [-0.39, 0.29) is 0 Å². The molecule has 0 unspecified atom stereocenters. The molecule has 2 heteroatoms. The van der Waals surface area contributed by atoms with E-state index in [0.29, 0.717) is 11.3 Å². The predicted octanol–water partition coefficient (Wildman–Crippen LogP) is 3.87. The average molecular weight is 197 g/mol. The van der Waals surface area contributed by atoms with Crippen molar-refractivity contribution in [1.82, 2.24) is 0 Å². The van der Waals surface area contributed by atoms with Crippen molar-refractivity contribution in [2.24, 2.45) is 5.41 Å². The second-order valence-corrected chi connectivity index (χ2v) is 5.85. The molecule has 1 nitrogen and oxygen atoms in total. The lowest BCUT2D eigenvalue weighted by Gasteiger charge is -2.22. The maximum atomic E-state index is 5.87. The fraction of sp³-hybridized carbons (Fsp3) is 0.636. The summed E-state index contributed by atoms with van der Waals surface area (Å²) in [7, 11) is 0. The first kappa shape index (κ1) is 10.6. The summed E-state index contributed by atoms with van der Waals surface area (Å²) in [6.45, 7) is 9.07. The molecule has 1 heterocycles. The van der Waals surface area contributed by atoms with Gasteiger partial charge in [0, 0.05) is 10.6 Å². The number of rotatable bonds is 2. The van der Waals surface area contributed by atoms with Crippen LogP contribution in [0.15, 0.2) is 11.4 Å². The van der Waals surface area contributed by atoms with E-state index in [1.54, 1.807) is 11.3 Å². The standard InChI is InChI=1S/C11H19NS/c1-8(7-11(2,3)4)10-9(12)5-6-13-10/h5-6,8H,7,12H2,1-4H3/t8-/m0/s1. The smallest absolute Gasteiger partial charge is 0.0458 e. The zero-order valence-electron chi connectivity index (χ0n) is 8.92. The first-order valence-corrected chi connectivity index (χ1v) is 5.61. The third kappa shape index (κ3) is 3.03. The lowest BCUT2D eigenvalue weighted by atomic mass is 9.85. The highest BCUT2D eigenvalue weighted by molar-refractivity contribution is 7.10. The van der Waals surface area contributed by atoms with Crippen molar-refractivity contribution in [2.45, 2.75) is 40.0 Å². The van der Waals surface area contributed by atoms with Crippen LogP contribution in [0, 0.1) is 5.41 Å². The second-order valence-electron chi connectivity index (χ2n) is 4.91. The first-order chi connectivity index (χ1) is 5.90. The molecule has 1 rings (SSSR count). The summed E-state index contributed by atoms with van der Waals surface area (Å²) >= 11 is 1.77. The van der Waals surface area contributed by atoms with Gasteiger partial charge in [-0.15, -0.1) is 11.3 Å². The largest absolute Gasteiger partial charge is 0.398 e. The van der Waals surface area contributed by atoms with Crippen molar-refractivity contribution >= 4 is 17.0 Å². The van der Waals surface area contributed by atoms with E-state index in [0.717, 1.165) is 5.69 Å². The van der Waals surface area contributed by atoms with Crippen LogP contribution in [-0.2, 0) is 0 Å². The van der Waals surface area contributed by atoms with E-state index in [1.165, 1.54) is 11.3 Å². The van der Waals surface area contributed by atoms with Crippen LogP contribution in [0.1, 0.15) is 44.9 Å². The van der Waals surface area contributed by atoms with Crippen LogP contribution >= 0.6 is 11.3 Å². The van der Waals surface area contributed by atoms with Crippen molar-refractivity contribution in [3.63, 3.8) is 0 Å². The van der Waals surface area contributed by atoms with Crippen molar-refractivity contribution in [3.8, 4) is 0 Å². The number of anilines is 1. The molecule has 1 aromatic heterocycles. The van der Waals surface area contributed by atoms with Gasteiger partial charge in [-0.2, -0.15) is 0 Å². The zero-order chi connectivity index (χ0) is 10.1. The average Bonchev–Trinajstić information content (AvgIpc) is 2.30. The van der Waals surface area contributed by atoms with Crippen molar-refractivity contribution < 1.29 is 0 Å². The van der Waals surface area contributed by atoms with Crippen LogP contribution in [0.4, 0.5) is 5.69 Å². The van der Waals surface area contributed by atoms with E-state index in [1.807, 2.05) is 6.07 Å². The number of hydrogen-bond donors (Lipinski definition) is 1. The van der Waals surface area contributed by atoms with Crippen LogP contribution in [-0.4, -0.2) is 0 Å². The molecule has 2 N–H and O–H groups in total. The number of nitrogens with two attached hydrogens (primary N) is 1. The maximum absolute atomic E-state index is 5.87. The van der Waals surface area contributed by atoms with Gasteiger partial charge in [-0.05, 0) is 29.2 Å². The minimum absolute atomic E-state index is 0.385. The van der Waals surface area contributed by atoms with Crippen LogP contribution in [0.25, 0.3) is 0 Å². The SMILES string of the molecule is C[C@@H](CC(C)(C)C)c1sccc1N. The van der Waals surface area contributed by atoms with E-state index in [2.05, 4.69) is 33.1 Å². The van der Waals surface area contributed by atoms with Crippen molar-refractivity contribution in [1.29, 1.82) is 0 Å². The van der Waals surface area contributed by atoms with Crippen LogP contribution < -0.4 is 5.73 Å². The van der Waals surface area contributed by atoms with E-state index in [9.17, 15) is 0 Å². The van der Waals surface area contributed by atoms with Gasteiger partial charge in [-0.25, -0.2) is 0 Å². The number of thiophene rings is 1. The molecule has 74 valence electrons. The summed E-state index contributed by atoms with van der Waals surface area (Å²) in [4.78, 5) is 1.34. The summed E-state index contributed by atoms with van der Waals surface area (Å²) in [5.41, 5.74) is 7.22. The van der Waals surface area contributed by atoms with E-state index < -0.39 is 0 Å². The summed E-state index contributed by atoms with van der Waals surface area (Å²) in [6, 6.07) is 2.00. The lowest BCUT2D eigenvalue weighted by molar-refractivity contribution is 0.351. The van der Waals surface area contributed by atoms with Crippen molar-refractivity contribution in [2.75, 3.05) is 5.73 Å². The maximum Gasteiger partial charge on any atom is 0.0458 e. The Balaban J connectivity index is 2.69. The van der Waals surface area contributed by atoms with Gasteiger partial charge in [0.2, 0.25) is 0 Å². The Labute approximate surface area is 85.0 Å². The Hall–Kier alpha value is -0.500. The van der Waals surface area contributed by atoms with Gasteiger partial charge in [-0.1, -0.05) is 27.7 Å². The molecule has 1 aromatic rings. The summed E-state index contributed by atoms with van der Waals surface area (Å²) in [6.07, 6.45) is 1.19. The van der Waals surface area contributed by atoms with Crippen molar-refractivity contribution in [3.05, 3.63) is 16.3 Å². The molecule has 0 bridgehead atoms. The van der Waals surface area contributed by atoms with Gasteiger partial charge in [-0.3, -0.25) is 0 Å². The highest BCUT2D eigenvalue weighted by atomic mass is 32.1. The molecule has 0 spiro atoms. The van der Waals surface area contributed by atoms with E-state index >= 15 is 0 Å². The molecule has 0 amide bonds.